The van der Waals surface area contributed by atoms with E-state index in [2.05, 4.69) is 39.6 Å². The van der Waals surface area contributed by atoms with E-state index in [0.29, 0.717) is 16.8 Å². The lowest BCUT2D eigenvalue weighted by Gasteiger charge is -2.25. The van der Waals surface area contributed by atoms with Crippen LogP contribution >= 0.6 is 8.58 Å². The van der Waals surface area contributed by atoms with Gasteiger partial charge in [-0.3, -0.25) is 0 Å². The lowest BCUT2D eigenvalue weighted by Crippen LogP contribution is -2.22. The molecule has 152 valence electrons. The Balaban J connectivity index is 1.71. The standard InChI is InChI=1S/C22H35O4P/c1-22(2,3)14-20(27-4)17-10-12-19(13-11-17)24-15-21(23)26-16-25-18-8-6-5-7-9-18/h10-13,18,20,27H,5-9,14-16H2,1-4H3. The van der Waals surface area contributed by atoms with Gasteiger partial charge in [0.15, 0.2) is 13.4 Å². The van der Waals surface area contributed by atoms with Gasteiger partial charge in [-0.05, 0) is 49.0 Å². The van der Waals surface area contributed by atoms with Gasteiger partial charge in [0.2, 0.25) is 0 Å². The van der Waals surface area contributed by atoms with Gasteiger partial charge in [0, 0.05) is 5.66 Å². The van der Waals surface area contributed by atoms with Crippen molar-refractivity contribution < 1.29 is 19.0 Å². The minimum Gasteiger partial charge on any atom is -0.482 e. The summed E-state index contributed by atoms with van der Waals surface area (Å²) in [5, 5.41) is 0. The molecule has 0 radical (unpaired) electrons. The fourth-order valence-electron chi connectivity index (χ4n) is 3.41. The molecule has 0 aromatic heterocycles. The third-order valence-corrected chi connectivity index (χ3v) is 6.11. The second-order valence-corrected chi connectivity index (χ2v) is 9.80. The summed E-state index contributed by atoms with van der Waals surface area (Å²) < 4.78 is 16.3. The van der Waals surface area contributed by atoms with Crippen molar-refractivity contribution in [3.8, 4) is 5.75 Å². The zero-order valence-corrected chi connectivity index (χ0v) is 18.3. The molecule has 0 spiro atoms. The van der Waals surface area contributed by atoms with Crippen LogP contribution in [0.2, 0.25) is 0 Å². The summed E-state index contributed by atoms with van der Waals surface area (Å²) in [7, 11) is 0.866. The molecule has 0 N–H and O–H groups in total. The topological polar surface area (TPSA) is 44.8 Å². The Bertz CT molecular complexity index is 559. The fourth-order valence-corrected chi connectivity index (χ4v) is 4.75. The van der Waals surface area contributed by atoms with E-state index in [1.165, 1.54) is 24.8 Å². The lowest BCUT2D eigenvalue weighted by atomic mass is 9.88. The molecule has 2 unspecified atom stereocenters. The minimum absolute atomic E-state index is 0.0255. The maximum Gasteiger partial charge on any atom is 0.346 e. The van der Waals surface area contributed by atoms with Gasteiger partial charge in [-0.2, -0.15) is 0 Å². The van der Waals surface area contributed by atoms with E-state index in [1.807, 2.05) is 12.1 Å². The zero-order valence-electron chi connectivity index (χ0n) is 17.3. The Morgan fingerprint density at radius 2 is 1.81 bits per heavy atom. The molecule has 27 heavy (non-hydrogen) atoms. The first-order valence-electron chi connectivity index (χ1n) is 10.0. The summed E-state index contributed by atoms with van der Waals surface area (Å²) >= 11 is 0. The summed E-state index contributed by atoms with van der Waals surface area (Å²) in [6.45, 7) is 9.03. The van der Waals surface area contributed by atoms with Crippen LogP contribution in [0.4, 0.5) is 0 Å². The minimum atomic E-state index is -0.393. The Hall–Kier alpha value is -1.12. The van der Waals surface area contributed by atoms with E-state index in [-0.39, 0.29) is 19.5 Å². The molecule has 4 nitrogen and oxygen atoms in total. The number of carbonyl (C=O) groups is 1. The van der Waals surface area contributed by atoms with Gasteiger partial charge in [0.1, 0.15) is 5.75 Å². The van der Waals surface area contributed by atoms with Crippen molar-refractivity contribution in [2.75, 3.05) is 20.1 Å². The van der Waals surface area contributed by atoms with E-state index in [9.17, 15) is 4.79 Å². The summed E-state index contributed by atoms with van der Waals surface area (Å²) in [6, 6.07) is 8.10. The fraction of sp³-hybridized carbons (Fsp3) is 0.682. The Morgan fingerprint density at radius 1 is 1.15 bits per heavy atom. The molecule has 1 saturated carbocycles. The van der Waals surface area contributed by atoms with E-state index >= 15 is 0 Å². The average molecular weight is 394 g/mol. The quantitative estimate of drug-likeness (QED) is 0.306. The molecule has 2 atom stereocenters. The molecule has 1 aliphatic carbocycles. The SMILES string of the molecule is CPC(CC(C)(C)C)c1ccc(OCC(=O)OCOC2CCCCC2)cc1. The highest BCUT2D eigenvalue weighted by atomic mass is 31.1. The van der Waals surface area contributed by atoms with Crippen molar-refractivity contribution in [3.05, 3.63) is 29.8 Å². The number of hydrogen-bond acceptors (Lipinski definition) is 4. The van der Waals surface area contributed by atoms with Gasteiger partial charge in [-0.25, -0.2) is 4.79 Å². The summed E-state index contributed by atoms with van der Waals surface area (Å²) in [6.07, 6.45) is 7.21. The molecular weight excluding hydrogens is 359 g/mol. The van der Waals surface area contributed by atoms with Crippen LogP contribution in [0.25, 0.3) is 0 Å². The first-order valence-corrected chi connectivity index (χ1v) is 11.6. The average Bonchev–Trinajstić information content (AvgIpc) is 2.65. The molecule has 1 aliphatic rings. The third-order valence-electron chi connectivity index (χ3n) is 4.88. The van der Waals surface area contributed by atoms with Crippen molar-refractivity contribution in [2.45, 2.75) is 71.1 Å². The Kier molecular flexibility index (Phi) is 9.05. The highest BCUT2D eigenvalue weighted by Crippen LogP contribution is 2.41. The first-order chi connectivity index (χ1) is 12.9. The van der Waals surface area contributed by atoms with Gasteiger partial charge in [-0.15, -0.1) is 8.58 Å². The van der Waals surface area contributed by atoms with Crippen LogP contribution < -0.4 is 4.74 Å². The molecule has 5 heteroatoms. The maximum absolute atomic E-state index is 11.8. The van der Waals surface area contributed by atoms with Crippen LogP contribution in [0.5, 0.6) is 5.75 Å². The summed E-state index contributed by atoms with van der Waals surface area (Å²) in [5.74, 6) is 0.299. The summed E-state index contributed by atoms with van der Waals surface area (Å²) in [5.41, 5.74) is 2.22. The van der Waals surface area contributed by atoms with Crippen LogP contribution in [-0.2, 0) is 14.3 Å². The predicted molar refractivity (Wildman–Crippen MR) is 112 cm³/mol. The van der Waals surface area contributed by atoms with Crippen molar-refractivity contribution in [2.24, 2.45) is 5.41 Å². The van der Waals surface area contributed by atoms with Gasteiger partial charge in [0.05, 0.1) is 6.10 Å². The van der Waals surface area contributed by atoms with E-state index in [1.54, 1.807) is 0 Å². The van der Waals surface area contributed by atoms with Gasteiger partial charge in [-0.1, -0.05) is 52.2 Å². The first kappa shape index (κ1) is 22.2. The predicted octanol–water partition coefficient (Wildman–Crippen LogP) is 5.70. The van der Waals surface area contributed by atoms with Crippen molar-refractivity contribution >= 4 is 14.6 Å². The normalized spacial score (nSPS) is 17.2. The van der Waals surface area contributed by atoms with Crippen LogP contribution in [0.1, 0.15) is 70.5 Å². The van der Waals surface area contributed by atoms with Crippen LogP contribution in [0.3, 0.4) is 0 Å². The lowest BCUT2D eigenvalue weighted by molar-refractivity contribution is -0.164. The van der Waals surface area contributed by atoms with Gasteiger partial charge in [0.25, 0.3) is 0 Å². The molecule has 1 aromatic rings. The third kappa shape index (κ3) is 8.62. The molecule has 0 bridgehead atoms. The molecule has 0 amide bonds. The number of esters is 1. The van der Waals surface area contributed by atoms with E-state index in [0.717, 1.165) is 27.8 Å². The number of benzene rings is 1. The Labute approximate surface area is 166 Å². The number of rotatable bonds is 9. The maximum atomic E-state index is 11.8. The Morgan fingerprint density at radius 3 is 2.41 bits per heavy atom. The van der Waals surface area contributed by atoms with Gasteiger partial charge < -0.3 is 14.2 Å². The summed E-state index contributed by atoms with van der Waals surface area (Å²) in [4.78, 5) is 11.8. The zero-order chi connectivity index (χ0) is 19.7. The molecule has 1 fully saturated rings. The molecule has 0 aliphatic heterocycles. The van der Waals surface area contributed by atoms with Crippen LogP contribution in [-0.4, -0.2) is 32.1 Å². The van der Waals surface area contributed by atoms with Crippen molar-refractivity contribution in [1.29, 1.82) is 0 Å². The highest BCUT2D eigenvalue weighted by Gasteiger charge is 2.19. The van der Waals surface area contributed by atoms with Crippen molar-refractivity contribution in [3.63, 3.8) is 0 Å². The van der Waals surface area contributed by atoms with Gasteiger partial charge >= 0.3 is 5.97 Å². The number of ether oxygens (including phenoxy) is 3. The molecule has 0 heterocycles. The van der Waals surface area contributed by atoms with Crippen molar-refractivity contribution in [1.82, 2.24) is 0 Å². The van der Waals surface area contributed by atoms with E-state index < -0.39 is 5.97 Å². The highest BCUT2D eigenvalue weighted by molar-refractivity contribution is 7.37. The monoisotopic (exact) mass is 394 g/mol. The number of hydrogen-bond donors (Lipinski definition) is 0. The number of carbonyl (C=O) groups excluding carboxylic acids is 1. The molecule has 2 rings (SSSR count). The molecule has 0 saturated heterocycles. The second kappa shape index (κ2) is 11.0. The smallest absolute Gasteiger partial charge is 0.346 e. The second-order valence-electron chi connectivity index (χ2n) is 8.52. The van der Waals surface area contributed by atoms with Crippen LogP contribution in [0, 0.1) is 5.41 Å². The van der Waals surface area contributed by atoms with E-state index in [4.69, 9.17) is 14.2 Å². The largest absolute Gasteiger partial charge is 0.482 e. The molecular formula is C22H35O4P. The molecule has 1 aromatic carbocycles. The van der Waals surface area contributed by atoms with Crippen LogP contribution in [0.15, 0.2) is 24.3 Å².